The molecule has 0 amide bonds. The van der Waals surface area contributed by atoms with Crippen LogP contribution in [0.25, 0.3) is 0 Å². The standard InChI is InChI=1S/C12H15NO/c1-2-4-11-10(3-1)12(5-7-13-11)6-8-14-9-12/h1-4,13H,5-9H2. The van der Waals surface area contributed by atoms with Gasteiger partial charge in [0.15, 0.2) is 0 Å². The number of nitrogens with one attached hydrogen (secondary N) is 1. The first-order valence-corrected chi connectivity index (χ1v) is 5.32. The van der Waals surface area contributed by atoms with Crippen LogP contribution >= 0.6 is 0 Å². The lowest BCUT2D eigenvalue weighted by Crippen LogP contribution is -2.34. The molecule has 1 N–H and O–H groups in total. The van der Waals surface area contributed by atoms with E-state index in [4.69, 9.17) is 4.74 Å². The van der Waals surface area contributed by atoms with E-state index in [1.54, 1.807) is 0 Å². The van der Waals surface area contributed by atoms with Crippen LogP contribution in [0.3, 0.4) is 0 Å². The van der Waals surface area contributed by atoms with Gasteiger partial charge in [0.25, 0.3) is 0 Å². The Morgan fingerprint density at radius 2 is 2.14 bits per heavy atom. The van der Waals surface area contributed by atoms with Gasteiger partial charge in [0.2, 0.25) is 0 Å². The Labute approximate surface area is 84.3 Å². The van der Waals surface area contributed by atoms with Crippen molar-refractivity contribution in [3.8, 4) is 0 Å². The van der Waals surface area contributed by atoms with E-state index in [0.717, 1.165) is 19.8 Å². The Bertz CT molecular complexity index is 342. The Morgan fingerprint density at radius 1 is 1.21 bits per heavy atom. The molecule has 2 aliphatic rings. The molecule has 1 atom stereocenters. The summed E-state index contributed by atoms with van der Waals surface area (Å²) in [5, 5.41) is 3.46. The third kappa shape index (κ3) is 1.07. The summed E-state index contributed by atoms with van der Waals surface area (Å²) in [6, 6.07) is 8.65. The summed E-state index contributed by atoms with van der Waals surface area (Å²) in [6.07, 6.45) is 2.40. The predicted octanol–water partition coefficient (Wildman–Crippen LogP) is 2.16. The van der Waals surface area contributed by atoms with Gasteiger partial charge in [-0.1, -0.05) is 18.2 Å². The molecule has 1 aromatic rings. The van der Waals surface area contributed by atoms with Gasteiger partial charge in [-0.15, -0.1) is 0 Å². The lowest BCUT2D eigenvalue weighted by atomic mass is 9.74. The molecule has 1 fully saturated rings. The molecular formula is C12H15NO. The highest BCUT2D eigenvalue weighted by Gasteiger charge is 2.39. The third-order valence-corrected chi connectivity index (χ3v) is 3.52. The molecule has 74 valence electrons. The molecule has 0 bridgehead atoms. The Morgan fingerprint density at radius 3 is 3.00 bits per heavy atom. The van der Waals surface area contributed by atoms with Crippen molar-refractivity contribution >= 4 is 5.69 Å². The van der Waals surface area contributed by atoms with E-state index in [2.05, 4.69) is 29.6 Å². The van der Waals surface area contributed by atoms with Gasteiger partial charge in [0, 0.05) is 24.3 Å². The van der Waals surface area contributed by atoms with Crippen molar-refractivity contribution in [3.05, 3.63) is 29.8 Å². The second kappa shape index (κ2) is 2.99. The summed E-state index contributed by atoms with van der Waals surface area (Å²) in [5.74, 6) is 0. The minimum absolute atomic E-state index is 0.321. The van der Waals surface area contributed by atoms with Gasteiger partial charge in [0.05, 0.1) is 6.61 Å². The van der Waals surface area contributed by atoms with Gasteiger partial charge in [-0.2, -0.15) is 0 Å². The van der Waals surface area contributed by atoms with Gasteiger partial charge < -0.3 is 10.1 Å². The van der Waals surface area contributed by atoms with Crippen molar-refractivity contribution in [1.82, 2.24) is 0 Å². The molecule has 2 aliphatic heterocycles. The average molecular weight is 189 g/mol. The number of fused-ring (bicyclic) bond motifs is 2. The number of anilines is 1. The topological polar surface area (TPSA) is 21.3 Å². The van der Waals surface area contributed by atoms with Crippen molar-refractivity contribution in [2.45, 2.75) is 18.3 Å². The van der Waals surface area contributed by atoms with Crippen LogP contribution in [0.5, 0.6) is 0 Å². The lowest BCUT2D eigenvalue weighted by molar-refractivity contribution is 0.174. The SMILES string of the molecule is c1ccc2c(c1)NCCC21CCOC1. The maximum Gasteiger partial charge on any atom is 0.0565 e. The molecule has 1 aromatic carbocycles. The largest absolute Gasteiger partial charge is 0.385 e. The van der Waals surface area contributed by atoms with Gasteiger partial charge in [0.1, 0.15) is 0 Å². The van der Waals surface area contributed by atoms with Crippen LogP contribution in [0, 0.1) is 0 Å². The normalized spacial score (nSPS) is 30.0. The molecule has 1 spiro atoms. The third-order valence-electron chi connectivity index (χ3n) is 3.52. The molecular weight excluding hydrogens is 174 g/mol. The first-order chi connectivity index (χ1) is 6.91. The maximum absolute atomic E-state index is 5.57. The number of rotatable bonds is 0. The minimum atomic E-state index is 0.321. The van der Waals surface area contributed by atoms with Crippen LogP contribution in [-0.2, 0) is 10.2 Å². The first-order valence-electron chi connectivity index (χ1n) is 5.32. The first kappa shape index (κ1) is 8.30. The quantitative estimate of drug-likeness (QED) is 0.675. The van der Waals surface area contributed by atoms with E-state index in [-0.39, 0.29) is 0 Å². The van der Waals surface area contributed by atoms with Gasteiger partial charge in [-0.25, -0.2) is 0 Å². The summed E-state index contributed by atoms with van der Waals surface area (Å²) in [4.78, 5) is 0. The summed E-state index contributed by atoms with van der Waals surface area (Å²) in [5.41, 5.74) is 3.09. The number of para-hydroxylation sites is 1. The van der Waals surface area contributed by atoms with Crippen LogP contribution in [0.2, 0.25) is 0 Å². The molecule has 0 aliphatic carbocycles. The van der Waals surface area contributed by atoms with E-state index in [1.165, 1.54) is 24.1 Å². The molecule has 0 aromatic heterocycles. The van der Waals surface area contributed by atoms with Crippen LogP contribution in [0.4, 0.5) is 5.69 Å². The van der Waals surface area contributed by atoms with Crippen LogP contribution < -0.4 is 5.32 Å². The Kier molecular flexibility index (Phi) is 1.77. The van der Waals surface area contributed by atoms with Gasteiger partial charge in [-0.3, -0.25) is 0 Å². The van der Waals surface area contributed by atoms with E-state index in [0.29, 0.717) is 5.41 Å². The summed E-state index contributed by atoms with van der Waals surface area (Å²) in [6.45, 7) is 2.92. The fourth-order valence-electron chi connectivity index (χ4n) is 2.69. The fourth-order valence-corrected chi connectivity index (χ4v) is 2.69. The van der Waals surface area contributed by atoms with Gasteiger partial charge in [-0.05, 0) is 24.5 Å². The lowest BCUT2D eigenvalue weighted by Gasteiger charge is -2.35. The molecule has 3 rings (SSSR count). The van der Waals surface area contributed by atoms with Crippen LogP contribution in [0.1, 0.15) is 18.4 Å². The molecule has 0 radical (unpaired) electrons. The smallest absolute Gasteiger partial charge is 0.0565 e. The molecule has 1 saturated heterocycles. The van der Waals surface area contributed by atoms with Crippen molar-refractivity contribution in [3.63, 3.8) is 0 Å². The zero-order valence-corrected chi connectivity index (χ0v) is 8.25. The number of hydrogen-bond donors (Lipinski definition) is 1. The zero-order valence-electron chi connectivity index (χ0n) is 8.25. The molecule has 1 unspecified atom stereocenters. The van der Waals surface area contributed by atoms with E-state index >= 15 is 0 Å². The summed E-state index contributed by atoms with van der Waals surface area (Å²) < 4.78 is 5.57. The zero-order chi connectivity index (χ0) is 9.43. The fraction of sp³-hybridized carbons (Fsp3) is 0.500. The average Bonchev–Trinajstić information content (AvgIpc) is 2.68. The highest BCUT2D eigenvalue weighted by Crippen LogP contribution is 2.42. The second-order valence-corrected chi connectivity index (χ2v) is 4.31. The van der Waals surface area contributed by atoms with Crippen LogP contribution in [-0.4, -0.2) is 19.8 Å². The highest BCUT2D eigenvalue weighted by molar-refractivity contribution is 5.57. The minimum Gasteiger partial charge on any atom is -0.385 e. The number of benzene rings is 1. The second-order valence-electron chi connectivity index (χ2n) is 4.31. The van der Waals surface area contributed by atoms with Crippen molar-refractivity contribution < 1.29 is 4.74 Å². The van der Waals surface area contributed by atoms with Crippen molar-refractivity contribution in [2.24, 2.45) is 0 Å². The Hall–Kier alpha value is -1.02. The molecule has 0 saturated carbocycles. The number of ether oxygens (including phenoxy) is 1. The highest BCUT2D eigenvalue weighted by atomic mass is 16.5. The monoisotopic (exact) mass is 189 g/mol. The summed E-state index contributed by atoms with van der Waals surface area (Å²) in [7, 11) is 0. The molecule has 2 nitrogen and oxygen atoms in total. The number of hydrogen-bond acceptors (Lipinski definition) is 2. The molecule has 2 heterocycles. The molecule has 2 heteroatoms. The van der Waals surface area contributed by atoms with Gasteiger partial charge >= 0.3 is 0 Å². The van der Waals surface area contributed by atoms with E-state index < -0.39 is 0 Å². The van der Waals surface area contributed by atoms with E-state index in [1.807, 2.05) is 0 Å². The van der Waals surface area contributed by atoms with Crippen molar-refractivity contribution in [1.29, 1.82) is 0 Å². The van der Waals surface area contributed by atoms with Crippen LogP contribution in [0.15, 0.2) is 24.3 Å². The van der Waals surface area contributed by atoms with Crippen molar-refractivity contribution in [2.75, 3.05) is 25.1 Å². The van der Waals surface area contributed by atoms with E-state index in [9.17, 15) is 0 Å². The Balaban J connectivity index is 2.10. The summed E-state index contributed by atoms with van der Waals surface area (Å²) >= 11 is 0. The molecule has 14 heavy (non-hydrogen) atoms. The maximum atomic E-state index is 5.57. The predicted molar refractivity (Wildman–Crippen MR) is 56.7 cm³/mol.